The number of benzene rings is 1. The van der Waals surface area contributed by atoms with Crippen molar-refractivity contribution >= 4 is 27.5 Å². The molecule has 1 aromatic carbocycles. The topological polar surface area (TPSA) is 85.4 Å². The first-order chi connectivity index (χ1) is 9.09. The van der Waals surface area contributed by atoms with Crippen molar-refractivity contribution in [2.24, 2.45) is 0 Å². The third-order valence-corrected chi connectivity index (χ3v) is 3.29. The maximum atomic E-state index is 11.9. The number of nitro groups is 1. The van der Waals surface area contributed by atoms with Gasteiger partial charge in [-0.2, -0.15) is 0 Å². The molecule has 0 spiro atoms. The highest BCUT2D eigenvalue weighted by molar-refractivity contribution is 9.10. The van der Waals surface area contributed by atoms with E-state index in [-0.39, 0.29) is 15.7 Å². The monoisotopic (exact) mass is 324 g/mol. The molecule has 0 aliphatic heterocycles. The number of nitro benzene ring substituents is 1. The van der Waals surface area contributed by atoms with E-state index in [1.807, 2.05) is 0 Å². The van der Waals surface area contributed by atoms with E-state index in [4.69, 9.17) is 4.42 Å². The van der Waals surface area contributed by atoms with Crippen LogP contribution in [0.5, 0.6) is 0 Å². The molecule has 6 nitrogen and oxygen atoms in total. The standard InChI is InChI=1S/C12H9BrN2O4/c13-11-9(2-1-3-10(11)15(17)18)12(16)14-6-8-4-5-19-7-8/h1-5,7H,6H2,(H,14,16). The van der Waals surface area contributed by atoms with Crippen LogP contribution in [0, 0.1) is 10.1 Å². The Balaban J connectivity index is 2.15. The van der Waals surface area contributed by atoms with Gasteiger partial charge in [-0.15, -0.1) is 0 Å². The molecule has 98 valence electrons. The van der Waals surface area contributed by atoms with Crippen molar-refractivity contribution in [1.29, 1.82) is 0 Å². The number of carbonyl (C=O) groups is 1. The summed E-state index contributed by atoms with van der Waals surface area (Å²) in [6.07, 6.45) is 3.02. The SMILES string of the molecule is O=C(NCc1ccoc1)c1cccc([N+](=O)[O-])c1Br. The number of halogens is 1. The number of carbonyl (C=O) groups excluding carboxylic acids is 1. The molecule has 0 saturated carbocycles. The van der Waals surface area contributed by atoms with Gasteiger partial charge in [0.25, 0.3) is 11.6 Å². The van der Waals surface area contributed by atoms with Crippen LogP contribution in [0.25, 0.3) is 0 Å². The van der Waals surface area contributed by atoms with E-state index in [1.54, 1.807) is 6.07 Å². The Morgan fingerprint density at radius 2 is 2.21 bits per heavy atom. The predicted molar refractivity (Wildman–Crippen MR) is 70.7 cm³/mol. The van der Waals surface area contributed by atoms with Gasteiger partial charge in [-0.05, 0) is 28.1 Å². The minimum Gasteiger partial charge on any atom is -0.472 e. The molecule has 0 aliphatic rings. The number of rotatable bonds is 4. The third-order valence-electron chi connectivity index (χ3n) is 2.45. The van der Waals surface area contributed by atoms with Crippen molar-refractivity contribution in [3.63, 3.8) is 0 Å². The molecule has 0 aliphatic carbocycles. The van der Waals surface area contributed by atoms with Crippen LogP contribution in [-0.4, -0.2) is 10.8 Å². The lowest BCUT2D eigenvalue weighted by molar-refractivity contribution is -0.385. The number of amides is 1. The number of nitrogens with zero attached hydrogens (tertiary/aromatic N) is 1. The largest absolute Gasteiger partial charge is 0.472 e. The fraction of sp³-hybridized carbons (Fsp3) is 0.0833. The van der Waals surface area contributed by atoms with E-state index in [9.17, 15) is 14.9 Å². The van der Waals surface area contributed by atoms with Gasteiger partial charge in [-0.25, -0.2) is 0 Å². The summed E-state index contributed by atoms with van der Waals surface area (Å²) in [5, 5.41) is 13.4. The zero-order chi connectivity index (χ0) is 13.8. The molecular formula is C12H9BrN2O4. The minimum absolute atomic E-state index is 0.143. The van der Waals surface area contributed by atoms with E-state index in [1.165, 1.54) is 30.7 Å². The van der Waals surface area contributed by atoms with E-state index in [0.717, 1.165) is 5.56 Å². The van der Waals surface area contributed by atoms with Crippen molar-refractivity contribution in [1.82, 2.24) is 5.32 Å². The van der Waals surface area contributed by atoms with Gasteiger partial charge in [0.15, 0.2) is 0 Å². The van der Waals surface area contributed by atoms with Gasteiger partial charge < -0.3 is 9.73 Å². The summed E-state index contributed by atoms with van der Waals surface area (Å²) < 4.78 is 5.05. The maximum absolute atomic E-state index is 11.9. The van der Waals surface area contributed by atoms with Crippen molar-refractivity contribution in [3.8, 4) is 0 Å². The Kier molecular flexibility index (Phi) is 3.96. The summed E-state index contributed by atoms with van der Waals surface area (Å²) in [5.41, 5.74) is 0.892. The fourth-order valence-corrected chi connectivity index (χ4v) is 2.10. The predicted octanol–water partition coefficient (Wildman–Crippen LogP) is 2.88. The first-order valence-electron chi connectivity index (χ1n) is 5.32. The summed E-state index contributed by atoms with van der Waals surface area (Å²) in [4.78, 5) is 22.2. The van der Waals surface area contributed by atoms with Gasteiger partial charge in [-0.3, -0.25) is 14.9 Å². The van der Waals surface area contributed by atoms with Crippen LogP contribution in [-0.2, 0) is 6.54 Å². The molecule has 19 heavy (non-hydrogen) atoms. The average molecular weight is 325 g/mol. The summed E-state index contributed by atoms with van der Waals surface area (Å²) in [6.45, 7) is 0.296. The maximum Gasteiger partial charge on any atom is 0.284 e. The lowest BCUT2D eigenvalue weighted by Gasteiger charge is -2.05. The molecule has 0 unspecified atom stereocenters. The Bertz CT molecular complexity index is 610. The van der Waals surface area contributed by atoms with Crippen LogP contribution < -0.4 is 5.32 Å². The van der Waals surface area contributed by atoms with Crippen molar-refractivity contribution in [3.05, 3.63) is 62.5 Å². The molecule has 1 heterocycles. The van der Waals surface area contributed by atoms with Crippen molar-refractivity contribution < 1.29 is 14.1 Å². The van der Waals surface area contributed by atoms with E-state index in [0.29, 0.717) is 6.54 Å². The van der Waals surface area contributed by atoms with Crippen molar-refractivity contribution in [2.75, 3.05) is 0 Å². The quantitative estimate of drug-likeness (QED) is 0.692. The Hall–Kier alpha value is -2.15. The molecule has 1 amide bonds. The van der Waals surface area contributed by atoms with Crippen LogP contribution in [0.3, 0.4) is 0 Å². The Morgan fingerprint density at radius 3 is 2.84 bits per heavy atom. The van der Waals surface area contributed by atoms with E-state index < -0.39 is 10.8 Å². The molecule has 0 atom stereocenters. The number of furan rings is 1. The van der Waals surface area contributed by atoms with Gasteiger partial charge in [0.05, 0.1) is 23.0 Å². The molecule has 0 fully saturated rings. The number of hydrogen-bond donors (Lipinski definition) is 1. The number of hydrogen-bond acceptors (Lipinski definition) is 4. The molecule has 0 saturated heterocycles. The van der Waals surface area contributed by atoms with E-state index >= 15 is 0 Å². The molecule has 0 bridgehead atoms. The first-order valence-corrected chi connectivity index (χ1v) is 6.11. The van der Waals surface area contributed by atoms with Crippen LogP contribution in [0.15, 0.2) is 45.7 Å². The Labute approximate surface area is 116 Å². The van der Waals surface area contributed by atoms with Crippen LogP contribution in [0.2, 0.25) is 0 Å². The summed E-state index contributed by atoms with van der Waals surface area (Å²) in [7, 11) is 0. The van der Waals surface area contributed by atoms with Gasteiger partial charge in [0.1, 0.15) is 4.47 Å². The van der Waals surface area contributed by atoms with Gasteiger partial charge >= 0.3 is 0 Å². The van der Waals surface area contributed by atoms with E-state index in [2.05, 4.69) is 21.2 Å². The van der Waals surface area contributed by atoms with Crippen LogP contribution in [0.4, 0.5) is 5.69 Å². The van der Waals surface area contributed by atoms with Gasteiger partial charge in [0, 0.05) is 18.2 Å². The molecule has 1 N–H and O–H groups in total. The zero-order valence-corrected chi connectivity index (χ0v) is 11.2. The molecule has 2 rings (SSSR count). The minimum atomic E-state index is -0.545. The molecule has 2 aromatic rings. The van der Waals surface area contributed by atoms with Gasteiger partial charge in [-0.1, -0.05) is 6.07 Å². The first kappa shape index (κ1) is 13.3. The molecule has 7 heteroatoms. The number of nitrogens with one attached hydrogen (secondary N) is 1. The highest BCUT2D eigenvalue weighted by Crippen LogP contribution is 2.28. The van der Waals surface area contributed by atoms with Crippen molar-refractivity contribution in [2.45, 2.75) is 6.54 Å². The second-order valence-electron chi connectivity index (χ2n) is 3.71. The lowest BCUT2D eigenvalue weighted by Crippen LogP contribution is -2.23. The van der Waals surface area contributed by atoms with Crippen LogP contribution in [0.1, 0.15) is 15.9 Å². The summed E-state index contributed by atoms with van der Waals surface area (Å²) in [5.74, 6) is -0.392. The molecular weight excluding hydrogens is 316 g/mol. The summed E-state index contributed by atoms with van der Waals surface area (Å²) in [6, 6.07) is 6.04. The second-order valence-corrected chi connectivity index (χ2v) is 4.50. The normalized spacial score (nSPS) is 10.2. The molecule has 0 radical (unpaired) electrons. The summed E-state index contributed by atoms with van der Waals surface area (Å²) >= 11 is 3.08. The zero-order valence-electron chi connectivity index (χ0n) is 9.63. The van der Waals surface area contributed by atoms with Gasteiger partial charge in [0.2, 0.25) is 0 Å². The lowest BCUT2D eigenvalue weighted by atomic mass is 10.2. The average Bonchev–Trinajstić information content (AvgIpc) is 2.89. The smallest absolute Gasteiger partial charge is 0.284 e. The highest BCUT2D eigenvalue weighted by Gasteiger charge is 2.19. The third kappa shape index (κ3) is 3.00. The Morgan fingerprint density at radius 1 is 1.42 bits per heavy atom. The molecule has 1 aromatic heterocycles. The second kappa shape index (κ2) is 5.66. The highest BCUT2D eigenvalue weighted by atomic mass is 79.9. The fourth-order valence-electron chi connectivity index (χ4n) is 1.51. The van der Waals surface area contributed by atoms with Crippen LogP contribution >= 0.6 is 15.9 Å².